The molecule has 0 bridgehead atoms. The van der Waals surface area contributed by atoms with Gasteiger partial charge in [-0.15, -0.1) is 0 Å². The Hall–Kier alpha value is -2.44. The van der Waals surface area contributed by atoms with Crippen molar-refractivity contribution in [3.63, 3.8) is 0 Å². The fourth-order valence-corrected chi connectivity index (χ4v) is 2.87. The average molecular weight is 318 g/mol. The van der Waals surface area contributed by atoms with E-state index in [0.717, 1.165) is 6.42 Å². The number of non-ortho nitro benzene ring substituents is 1. The maximum absolute atomic E-state index is 12.3. The molecule has 1 aromatic carbocycles. The first-order chi connectivity index (χ1) is 10.9. The minimum atomic E-state index is -0.473. The number of hydrogen-bond acceptors (Lipinski definition) is 5. The molecule has 1 aliphatic heterocycles. The number of nitro groups is 1. The summed E-state index contributed by atoms with van der Waals surface area (Å²) in [5, 5.41) is 18.5. The highest BCUT2D eigenvalue weighted by molar-refractivity contribution is 5.88. The molecule has 0 saturated carbocycles. The van der Waals surface area contributed by atoms with Crippen LogP contribution in [0.1, 0.15) is 25.8 Å². The van der Waals surface area contributed by atoms with Gasteiger partial charge in [0.2, 0.25) is 0 Å². The standard InChI is InChI=1S/C16H20N3O4/c1-3-13-8-9-18(15(13)11(2)17)16(20)23-10-12-4-6-14(7-5-12)19(21)22/h3-7,13,15,17H,8-10H2,1-2H3. The molecule has 1 radical (unpaired) electrons. The number of carbonyl (C=O) groups excluding carboxylic acids is 1. The topological polar surface area (TPSA) is 96.5 Å². The zero-order chi connectivity index (χ0) is 17.0. The molecular weight excluding hydrogens is 298 g/mol. The van der Waals surface area contributed by atoms with Crippen molar-refractivity contribution in [3.05, 3.63) is 46.4 Å². The minimum Gasteiger partial charge on any atom is -0.445 e. The van der Waals surface area contributed by atoms with Crippen molar-refractivity contribution in [2.75, 3.05) is 6.54 Å². The van der Waals surface area contributed by atoms with Crippen LogP contribution in [-0.2, 0) is 11.3 Å². The predicted molar refractivity (Wildman–Crippen MR) is 85.3 cm³/mol. The number of rotatable bonds is 5. The van der Waals surface area contributed by atoms with Gasteiger partial charge in [0.1, 0.15) is 6.61 Å². The van der Waals surface area contributed by atoms with E-state index in [4.69, 9.17) is 10.1 Å². The Labute approximate surface area is 134 Å². The Morgan fingerprint density at radius 2 is 2.13 bits per heavy atom. The Morgan fingerprint density at radius 1 is 1.48 bits per heavy atom. The number of carbonyl (C=O) groups is 1. The summed E-state index contributed by atoms with van der Waals surface area (Å²) in [5.74, 6) is 0.180. The van der Waals surface area contributed by atoms with Gasteiger partial charge in [0.15, 0.2) is 0 Å². The zero-order valence-electron chi connectivity index (χ0n) is 13.2. The maximum atomic E-state index is 12.3. The van der Waals surface area contributed by atoms with Crippen LogP contribution in [-0.4, -0.2) is 34.2 Å². The summed E-state index contributed by atoms with van der Waals surface area (Å²) in [6.07, 6.45) is 2.39. The number of likely N-dealkylation sites (tertiary alicyclic amines) is 1. The zero-order valence-corrected chi connectivity index (χ0v) is 13.2. The van der Waals surface area contributed by atoms with Gasteiger partial charge in [-0.05, 0) is 43.4 Å². The monoisotopic (exact) mass is 318 g/mol. The Morgan fingerprint density at radius 3 is 2.65 bits per heavy atom. The van der Waals surface area contributed by atoms with Crippen molar-refractivity contribution in [3.8, 4) is 0 Å². The third kappa shape index (κ3) is 3.85. The van der Waals surface area contributed by atoms with Gasteiger partial charge in [0.05, 0.1) is 11.0 Å². The van der Waals surface area contributed by atoms with Crippen LogP contribution >= 0.6 is 0 Å². The SMILES string of the molecule is C[CH]C1CCN(C(=O)OCc2ccc([N+](=O)[O-])cc2)C1C(C)=N. The smallest absolute Gasteiger partial charge is 0.410 e. The average Bonchev–Trinajstić information content (AvgIpc) is 2.97. The van der Waals surface area contributed by atoms with Crippen LogP contribution in [0, 0.1) is 27.9 Å². The summed E-state index contributed by atoms with van der Waals surface area (Å²) < 4.78 is 5.29. The van der Waals surface area contributed by atoms with E-state index in [2.05, 4.69) is 0 Å². The van der Waals surface area contributed by atoms with Crippen LogP contribution in [0.15, 0.2) is 24.3 Å². The van der Waals surface area contributed by atoms with Gasteiger partial charge in [-0.1, -0.05) is 6.92 Å². The fourth-order valence-electron chi connectivity index (χ4n) is 2.87. The summed E-state index contributed by atoms with van der Waals surface area (Å²) >= 11 is 0. The van der Waals surface area contributed by atoms with Crippen molar-refractivity contribution >= 4 is 17.5 Å². The van der Waals surface area contributed by atoms with Crippen molar-refractivity contribution in [1.29, 1.82) is 5.41 Å². The van der Waals surface area contributed by atoms with Gasteiger partial charge in [-0.3, -0.25) is 15.0 Å². The number of nitro benzene ring substituents is 1. The molecule has 1 aromatic rings. The lowest BCUT2D eigenvalue weighted by Crippen LogP contribution is -2.42. The van der Waals surface area contributed by atoms with Crippen molar-refractivity contribution < 1.29 is 14.5 Å². The normalized spacial score (nSPS) is 20.3. The second kappa shape index (κ2) is 7.21. The fraction of sp³-hybridized carbons (Fsp3) is 0.438. The number of benzene rings is 1. The van der Waals surface area contributed by atoms with E-state index < -0.39 is 11.0 Å². The molecule has 123 valence electrons. The van der Waals surface area contributed by atoms with Gasteiger partial charge >= 0.3 is 6.09 Å². The number of hydrogen-bond donors (Lipinski definition) is 1. The molecule has 1 amide bonds. The van der Waals surface area contributed by atoms with Gasteiger partial charge in [0, 0.05) is 24.4 Å². The number of amides is 1. The molecule has 2 rings (SSSR count). The minimum absolute atomic E-state index is 0.000407. The summed E-state index contributed by atoms with van der Waals surface area (Å²) in [6.45, 7) is 4.25. The maximum Gasteiger partial charge on any atom is 0.410 e. The van der Waals surface area contributed by atoms with Crippen molar-refractivity contribution in [2.45, 2.75) is 32.9 Å². The third-order valence-electron chi connectivity index (χ3n) is 4.06. The highest BCUT2D eigenvalue weighted by Gasteiger charge is 2.38. The molecule has 1 N–H and O–H groups in total. The molecule has 0 aliphatic carbocycles. The van der Waals surface area contributed by atoms with Crippen molar-refractivity contribution in [1.82, 2.24) is 4.90 Å². The second-order valence-electron chi connectivity index (χ2n) is 5.59. The van der Waals surface area contributed by atoms with Crippen LogP contribution in [0.4, 0.5) is 10.5 Å². The van der Waals surface area contributed by atoms with Gasteiger partial charge in [-0.2, -0.15) is 0 Å². The molecule has 0 aromatic heterocycles. The molecule has 1 heterocycles. The summed E-state index contributed by atoms with van der Waals surface area (Å²) in [6, 6.07) is 5.65. The first-order valence-corrected chi connectivity index (χ1v) is 7.45. The first-order valence-electron chi connectivity index (χ1n) is 7.45. The van der Waals surface area contributed by atoms with E-state index in [1.54, 1.807) is 24.0 Å². The molecule has 7 heteroatoms. The Balaban J connectivity index is 1.96. The van der Waals surface area contributed by atoms with Crippen LogP contribution in [0.25, 0.3) is 0 Å². The molecule has 1 aliphatic rings. The highest BCUT2D eigenvalue weighted by Crippen LogP contribution is 2.28. The molecule has 2 atom stereocenters. The molecule has 1 fully saturated rings. The highest BCUT2D eigenvalue weighted by atomic mass is 16.6. The second-order valence-corrected chi connectivity index (χ2v) is 5.59. The number of ether oxygens (including phenoxy) is 1. The lowest BCUT2D eigenvalue weighted by Gasteiger charge is -2.26. The number of nitrogens with zero attached hydrogens (tertiary/aromatic N) is 2. The lowest BCUT2D eigenvalue weighted by molar-refractivity contribution is -0.384. The van der Waals surface area contributed by atoms with Crippen LogP contribution in [0.3, 0.4) is 0 Å². The van der Waals surface area contributed by atoms with Crippen LogP contribution in [0.5, 0.6) is 0 Å². The van der Waals surface area contributed by atoms with E-state index in [-0.39, 0.29) is 24.3 Å². The Kier molecular flexibility index (Phi) is 5.31. The van der Waals surface area contributed by atoms with Crippen molar-refractivity contribution in [2.24, 2.45) is 5.92 Å². The quantitative estimate of drug-likeness (QED) is 0.512. The van der Waals surface area contributed by atoms with E-state index in [9.17, 15) is 14.9 Å². The number of nitrogens with one attached hydrogen (secondary N) is 1. The molecule has 0 spiro atoms. The van der Waals surface area contributed by atoms with E-state index >= 15 is 0 Å². The molecule has 23 heavy (non-hydrogen) atoms. The third-order valence-corrected chi connectivity index (χ3v) is 4.06. The van der Waals surface area contributed by atoms with E-state index in [1.807, 2.05) is 13.3 Å². The molecule has 2 unspecified atom stereocenters. The molecule has 7 nitrogen and oxygen atoms in total. The summed E-state index contributed by atoms with van der Waals surface area (Å²) in [5.41, 5.74) is 1.13. The molecular formula is C16H20N3O4. The lowest BCUT2D eigenvalue weighted by atomic mass is 9.94. The summed E-state index contributed by atoms with van der Waals surface area (Å²) in [7, 11) is 0. The van der Waals surface area contributed by atoms with Gasteiger partial charge in [-0.25, -0.2) is 4.79 Å². The molecule has 1 saturated heterocycles. The van der Waals surface area contributed by atoms with Crippen LogP contribution < -0.4 is 0 Å². The van der Waals surface area contributed by atoms with Gasteiger partial charge in [0.25, 0.3) is 5.69 Å². The summed E-state index contributed by atoms with van der Waals surface area (Å²) in [4.78, 5) is 24.0. The first kappa shape index (κ1) is 16.9. The van der Waals surface area contributed by atoms with Gasteiger partial charge < -0.3 is 10.1 Å². The van der Waals surface area contributed by atoms with E-state index in [1.165, 1.54) is 12.1 Å². The largest absolute Gasteiger partial charge is 0.445 e. The van der Waals surface area contributed by atoms with E-state index in [0.29, 0.717) is 17.8 Å². The Bertz CT molecular complexity index is 600. The van der Waals surface area contributed by atoms with Crippen LogP contribution in [0.2, 0.25) is 0 Å². The predicted octanol–water partition coefficient (Wildman–Crippen LogP) is 3.19.